The second-order valence-electron chi connectivity index (χ2n) is 5.08. The van der Waals surface area contributed by atoms with Crippen molar-refractivity contribution >= 4 is 43.8 Å². The number of hydrogen-bond donors (Lipinski definition) is 2. The summed E-state index contributed by atoms with van der Waals surface area (Å²) < 4.78 is 64.4. The lowest BCUT2D eigenvalue weighted by Crippen LogP contribution is -3.00. The molecule has 0 aromatic heterocycles. The average molecular weight is 448 g/mol. The first-order chi connectivity index (χ1) is 12.4. The van der Waals surface area contributed by atoms with E-state index in [1.165, 1.54) is 12.1 Å². The molecule has 0 heterocycles. The van der Waals surface area contributed by atoms with Crippen LogP contribution in [0.5, 0.6) is 0 Å². The van der Waals surface area contributed by atoms with Crippen molar-refractivity contribution in [3.05, 3.63) is 62.6 Å². The Labute approximate surface area is 165 Å². The Bertz CT molecular complexity index is 1220. The van der Waals surface area contributed by atoms with Crippen LogP contribution in [0.4, 0.5) is 11.4 Å². The van der Waals surface area contributed by atoms with E-state index in [0.29, 0.717) is 6.07 Å². The molecular formula is C14H10ClN3O8S2. The first-order valence-electron chi connectivity index (χ1n) is 6.84. The molecule has 2 aromatic carbocycles. The van der Waals surface area contributed by atoms with Crippen molar-refractivity contribution in [2.24, 2.45) is 0 Å². The lowest BCUT2D eigenvalue weighted by molar-refractivity contribution is -0.385. The van der Waals surface area contributed by atoms with Gasteiger partial charge in [0.15, 0.2) is 4.98 Å². The monoisotopic (exact) mass is 447 g/mol. The third-order valence-corrected chi connectivity index (χ3v) is 5.14. The Hall–Kier alpha value is -2.89. The molecule has 0 aliphatic heterocycles. The van der Waals surface area contributed by atoms with Gasteiger partial charge in [0.25, 0.3) is 25.9 Å². The van der Waals surface area contributed by atoms with Gasteiger partial charge in [-0.25, -0.2) is 0 Å². The van der Waals surface area contributed by atoms with Gasteiger partial charge in [-0.3, -0.25) is 19.2 Å². The van der Waals surface area contributed by atoms with Crippen molar-refractivity contribution in [1.82, 2.24) is 0 Å². The summed E-state index contributed by atoms with van der Waals surface area (Å²) in [6.45, 7) is 0. The van der Waals surface area contributed by atoms with Gasteiger partial charge in [-0.2, -0.15) is 16.8 Å². The molecule has 2 aromatic rings. The minimum Gasteiger partial charge on any atom is -1.00 e. The zero-order valence-electron chi connectivity index (χ0n) is 13.5. The van der Waals surface area contributed by atoms with E-state index in [1.54, 1.807) is 0 Å². The molecule has 0 saturated carbocycles. The SMILES string of the molecule is N#[N+]c1ccc(C=Cc2ccc([N+](=O)[O-])cc2S(=O)(=O)O)c(S(=O)(=O)O)c1.[Cl-]. The van der Waals surface area contributed by atoms with Crippen molar-refractivity contribution in [2.45, 2.75) is 9.79 Å². The predicted octanol–water partition coefficient (Wildman–Crippen LogP) is -0.253. The molecule has 0 radical (unpaired) electrons. The molecule has 14 heteroatoms. The molecule has 2 rings (SSSR count). The number of benzene rings is 2. The maximum Gasteiger partial charge on any atom is 0.386 e. The summed E-state index contributed by atoms with van der Waals surface area (Å²) in [5.74, 6) is 0. The second-order valence-corrected chi connectivity index (χ2v) is 7.86. The number of nitro benzene ring substituents is 1. The van der Waals surface area contributed by atoms with Crippen LogP contribution in [-0.4, -0.2) is 30.9 Å². The van der Waals surface area contributed by atoms with Crippen molar-refractivity contribution in [3.8, 4) is 0 Å². The zero-order valence-corrected chi connectivity index (χ0v) is 15.9. The van der Waals surface area contributed by atoms with Gasteiger partial charge in [-0.15, -0.1) is 0 Å². The van der Waals surface area contributed by atoms with Crippen molar-refractivity contribution in [3.63, 3.8) is 0 Å². The second kappa shape index (κ2) is 8.42. The maximum atomic E-state index is 11.5. The van der Waals surface area contributed by atoms with Crippen LogP contribution in [0.15, 0.2) is 46.2 Å². The van der Waals surface area contributed by atoms with Crippen LogP contribution in [0.25, 0.3) is 17.1 Å². The van der Waals surface area contributed by atoms with Crippen molar-refractivity contribution in [2.75, 3.05) is 0 Å². The van der Waals surface area contributed by atoms with Gasteiger partial charge in [0.2, 0.25) is 5.39 Å². The highest BCUT2D eigenvalue weighted by Gasteiger charge is 2.21. The number of halogens is 1. The van der Waals surface area contributed by atoms with E-state index in [2.05, 4.69) is 4.98 Å². The molecule has 148 valence electrons. The van der Waals surface area contributed by atoms with Gasteiger partial charge >= 0.3 is 5.69 Å². The Morgan fingerprint density at radius 1 is 0.929 bits per heavy atom. The lowest BCUT2D eigenvalue weighted by Gasteiger charge is -2.04. The maximum absolute atomic E-state index is 11.5. The number of diazo groups is 1. The van der Waals surface area contributed by atoms with Crippen LogP contribution in [0.2, 0.25) is 0 Å². The fraction of sp³-hybridized carbons (Fsp3) is 0. The zero-order chi connectivity index (χ0) is 20.4. The normalized spacial score (nSPS) is 11.6. The highest BCUT2D eigenvalue weighted by molar-refractivity contribution is 7.86. The molecule has 0 bridgehead atoms. The summed E-state index contributed by atoms with van der Waals surface area (Å²) in [6.07, 6.45) is 2.17. The number of non-ortho nitro benzene ring substituents is 1. The molecule has 0 fully saturated rings. The Balaban J connectivity index is 0.00000392. The Kier molecular flexibility index (Phi) is 6.96. The number of rotatable bonds is 5. The van der Waals surface area contributed by atoms with Gasteiger partial charge in [-0.1, -0.05) is 12.2 Å². The lowest BCUT2D eigenvalue weighted by atomic mass is 10.1. The van der Waals surface area contributed by atoms with E-state index in [9.17, 15) is 36.1 Å². The molecule has 0 spiro atoms. The average Bonchev–Trinajstić information content (AvgIpc) is 2.58. The van der Waals surface area contributed by atoms with E-state index in [0.717, 1.165) is 30.4 Å². The Morgan fingerprint density at radius 3 is 1.82 bits per heavy atom. The van der Waals surface area contributed by atoms with Crippen molar-refractivity contribution < 1.29 is 43.3 Å². The standard InChI is InChI=1S/C14H9N3O8S2.ClH/c15-16-11-5-3-9(13(7-11)26(20,21)22)1-2-10-4-6-12(17(18)19)8-14(10)27(23,24)25;/h1-8H,(H-,20,21,22,23,24,25);1H. The number of nitrogens with zero attached hydrogens (tertiary/aromatic N) is 3. The van der Waals surface area contributed by atoms with Crippen LogP contribution < -0.4 is 12.4 Å². The van der Waals surface area contributed by atoms with E-state index < -0.39 is 40.6 Å². The van der Waals surface area contributed by atoms with Gasteiger partial charge < -0.3 is 12.4 Å². The predicted molar refractivity (Wildman–Crippen MR) is 92.8 cm³/mol. The van der Waals surface area contributed by atoms with Crippen LogP contribution in [-0.2, 0) is 20.2 Å². The molecule has 28 heavy (non-hydrogen) atoms. The molecule has 0 atom stereocenters. The third kappa shape index (κ3) is 5.31. The largest absolute Gasteiger partial charge is 1.00 e. The first-order valence-corrected chi connectivity index (χ1v) is 9.72. The van der Waals surface area contributed by atoms with Gasteiger partial charge in [0.05, 0.1) is 11.0 Å². The van der Waals surface area contributed by atoms with Crippen molar-refractivity contribution in [1.29, 1.82) is 5.39 Å². The fourth-order valence-corrected chi connectivity index (χ4v) is 3.53. The smallest absolute Gasteiger partial charge is 0.386 e. The molecule has 0 saturated heterocycles. The molecule has 0 amide bonds. The number of hydrogen-bond acceptors (Lipinski definition) is 7. The minimum absolute atomic E-state index is 0. The fourth-order valence-electron chi connectivity index (χ4n) is 2.12. The van der Waals surface area contributed by atoms with Crippen LogP contribution in [0.1, 0.15) is 11.1 Å². The van der Waals surface area contributed by atoms with Crippen LogP contribution in [0, 0.1) is 15.5 Å². The van der Waals surface area contributed by atoms with Crippen LogP contribution in [0.3, 0.4) is 0 Å². The number of nitro groups is 1. The summed E-state index contributed by atoms with van der Waals surface area (Å²) >= 11 is 0. The summed E-state index contributed by atoms with van der Waals surface area (Å²) in [5, 5.41) is 19.5. The molecule has 11 nitrogen and oxygen atoms in total. The molecule has 0 unspecified atom stereocenters. The van der Waals surface area contributed by atoms with Gasteiger partial charge in [0.1, 0.15) is 9.79 Å². The van der Waals surface area contributed by atoms with Gasteiger partial charge in [0, 0.05) is 18.2 Å². The molecular weight excluding hydrogens is 438 g/mol. The summed E-state index contributed by atoms with van der Waals surface area (Å²) in [6, 6.07) is 5.94. The van der Waals surface area contributed by atoms with E-state index >= 15 is 0 Å². The van der Waals surface area contributed by atoms with E-state index in [4.69, 9.17) is 5.39 Å². The quantitative estimate of drug-likeness (QED) is 0.205. The third-order valence-electron chi connectivity index (χ3n) is 3.32. The van der Waals surface area contributed by atoms with E-state index in [-0.39, 0.29) is 29.2 Å². The molecule has 2 N–H and O–H groups in total. The summed E-state index contributed by atoms with van der Waals surface area (Å²) in [7, 11) is -9.52. The highest BCUT2D eigenvalue weighted by atomic mass is 35.5. The van der Waals surface area contributed by atoms with E-state index in [1.807, 2.05) is 0 Å². The van der Waals surface area contributed by atoms with Gasteiger partial charge in [-0.05, 0) is 23.3 Å². The first kappa shape index (κ1) is 23.1. The summed E-state index contributed by atoms with van der Waals surface area (Å²) in [4.78, 5) is 11.3. The molecule has 0 aliphatic rings. The Morgan fingerprint density at radius 2 is 1.39 bits per heavy atom. The highest BCUT2D eigenvalue weighted by Crippen LogP contribution is 2.27. The summed E-state index contributed by atoms with van der Waals surface area (Å²) in [5.41, 5.74) is -0.995. The van der Waals surface area contributed by atoms with Crippen LogP contribution >= 0.6 is 0 Å². The molecule has 0 aliphatic carbocycles. The minimum atomic E-state index is -4.81. The topological polar surface area (TPSA) is 180 Å².